The van der Waals surface area contributed by atoms with Crippen LogP contribution in [0, 0.1) is 16.0 Å². The van der Waals surface area contributed by atoms with Gasteiger partial charge in [-0.05, 0) is 55.5 Å². The molecule has 32 heavy (non-hydrogen) atoms. The third-order valence-corrected chi connectivity index (χ3v) is 9.35. The van der Waals surface area contributed by atoms with E-state index < -0.39 is 14.9 Å². The quantitative estimate of drug-likeness (QED) is 0.428. The van der Waals surface area contributed by atoms with Crippen molar-refractivity contribution < 1.29 is 18.1 Å². The highest BCUT2D eigenvalue weighted by Crippen LogP contribution is 2.39. The van der Waals surface area contributed by atoms with Crippen molar-refractivity contribution in [1.82, 2.24) is 14.5 Å². The Bertz CT molecular complexity index is 1070. The van der Waals surface area contributed by atoms with Crippen molar-refractivity contribution in [3.05, 3.63) is 28.3 Å². The molecule has 2 aliphatic heterocycles. The zero-order valence-corrected chi connectivity index (χ0v) is 20.0. The lowest BCUT2D eigenvalue weighted by molar-refractivity contribution is -0.388. The minimum absolute atomic E-state index is 0.0566. The van der Waals surface area contributed by atoms with E-state index in [0.29, 0.717) is 34.0 Å². The fourth-order valence-electron chi connectivity index (χ4n) is 3.82. The number of nitro benzene ring substituents is 1. The summed E-state index contributed by atoms with van der Waals surface area (Å²) < 4.78 is 33.6. The monoisotopic (exact) mass is 499 g/mol. The first-order valence-corrected chi connectivity index (χ1v) is 13.6. The van der Waals surface area contributed by atoms with Gasteiger partial charge < -0.3 is 10.1 Å². The molecule has 4 rings (SSSR count). The number of rotatable bonds is 8. The van der Waals surface area contributed by atoms with Crippen LogP contribution in [0.1, 0.15) is 32.6 Å². The lowest BCUT2D eigenvalue weighted by Crippen LogP contribution is -2.39. The van der Waals surface area contributed by atoms with Gasteiger partial charge in [-0.3, -0.25) is 10.1 Å². The molecule has 0 amide bonds. The Kier molecular flexibility index (Phi) is 7.30. The second-order valence-electron chi connectivity index (χ2n) is 7.99. The fraction of sp³-hybridized carbons (Fsp3) is 0.579. The Morgan fingerprint density at radius 1 is 1.34 bits per heavy atom. The molecular formula is C19H25N5O5S3. The summed E-state index contributed by atoms with van der Waals surface area (Å²) in [4.78, 5) is 11.4. The topological polar surface area (TPSA) is 128 Å². The molecule has 2 unspecified atom stereocenters. The lowest BCUT2D eigenvalue weighted by Gasteiger charge is -2.30. The van der Waals surface area contributed by atoms with Crippen molar-refractivity contribution in [3.63, 3.8) is 0 Å². The molecule has 10 nitrogen and oxygen atoms in total. The highest BCUT2D eigenvalue weighted by Gasteiger charge is 2.31. The molecule has 0 saturated carbocycles. The molecule has 1 aromatic carbocycles. The Morgan fingerprint density at radius 2 is 2.19 bits per heavy atom. The maximum atomic E-state index is 13.0. The summed E-state index contributed by atoms with van der Waals surface area (Å²) in [7, 11) is -3.78. The SMILES string of the molecule is CC1CCCN(S(=O)(=O)c2ccc(Sc3nnc(NCC4CCCO4)s3)c([N+](=O)[O-])c2)C1. The van der Waals surface area contributed by atoms with Crippen molar-refractivity contribution in [1.29, 1.82) is 0 Å². The summed E-state index contributed by atoms with van der Waals surface area (Å²) in [5.41, 5.74) is -0.259. The van der Waals surface area contributed by atoms with Crippen LogP contribution in [-0.2, 0) is 14.8 Å². The van der Waals surface area contributed by atoms with Crippen molar-refractivity contribution in [2.24, 2.45) is 5.92 Å². The van der Waals surface area contributed by atoms with Crippen molar-refractivity contribution in [3.8, 4) is 0 Å². The largest absolute Gasteiger partial charge is 0.376 e. The molecule has 0 radical (unpaired) electrons. The van der Waals surface area contributed by atoms with Gasteiger partial charge in [0.15, 0.2) is 4.34 Å². The molecule has 2 aliphatic rings. The number of hydrogen-bond acceptors (Lipinski definition) is 10. The zero-order chi connectivity index (χ0) is 22.7. The van der Waals surface area contributed by atoms with Crippen molar-refractivity contribution in [2.45, 2.75) is 52.8 Å². The van der Waals surface area contributed by atoms with Crippen LogP contribution < -0.4 is 5.32 Å². The normalized spacial score (nSPS) is 22.2. The molecule has 2 aromatic rings. The van der Waals surface area contributed by atoms with Gasteiger partial charge in [0.1, 0.15) is 0 Å². The molecule has 0 spiro atoms. The van der Waals surface area contributed by atoms with E-state index >= 15 is 0 Å². The van der Waals surface area contributed by atoms with Gasteiger partial charge in [-0.15, -0.1) is 10.2 Å². The van der Waals surface area contributed by atoms with Gasteiger partial charge in [0.25, 0.3) is 5.69 Å². The number of anilines is 1. The Balaban J connectivity index is 1.49. The van der Waals surface area contributed by atoms with Gasteiger partial charge in [0, 0.05) is 32.3 Å². The van der Waals surface area contributed by atoms with Crippen LogP contribution in [0.25, 0.3) is 0 Å². The summed E-state index contributed by atoms with van der Waals surface area (Å²) in [6.07, 6.45) is 3.99. The third-order valence-electron chi connectivity index (χ3n) is 5.49. The number of piperidine rings is 1. The van der Waals surface area contributed by atoms with Crippen LogP contribution >= 0.6 is 23.1 Å². The number of nitrogens with one attached hydrogen (secondary N) is 1. The molecule has 0 aliphatic carbocycles. The van der Waals surface area contributed by atoms with E-state index in [4.69, 9.17) is 4.74 Å². The lowest BCUT2D eigenvalue weighted by atomic mass is 10.0. The summed E-state index contributed by atoms with van der Waals surface area (Å²) in [5.74, 6) is 0.267. The molecule has 3 heterocycles. The van der Waals surface area contributed by atoms with Crippen molar-refractivity contribution >= 4 is 43.9 Å². The zero-order valence-electron chi connectivity index (χ0n) is 17.6. The summed E-state index contributed by atoms with van der Waals surface area (Å²) in [5, 5.41) is 23.7. The Labute approximate surface area is 194 Å². The van der Waals surface area contributed by atoms with Gasteiger partial charge >= 0.3 is 0 Å². The molecule has 13 heteroatoms. The maximum Gasteiger partial charge on any atom is 0.284 e. The highest BCUT2D eigenvalue weighted by atomic mass is 32.2. The van der Waals surface area contributed by atoms with Crippen LogP contribution in [0.2, 0.25) is 0 Å². The number of nitro groups is 1. The molecular weight excluding hydrogens is 474 g/mol. The van der Waals surface area contributed by atoms with Gasteiger partial charge in [0.2, 0.25) is 15.2 Å². The van der Waals surface area contributed by atoms with Crippen molar-refractivity contribution in [2.75, 3.05) is 31.6 Å². The summed E-state index contributed by atoms with van der Waals surface area (Å²) >= 11 is 2.39. The molecule has 2 saturated heterocycles. The fourth-order valence-corrected chi connectivity index (χ4v) is 7.24. The first kappa shape index (κ1) is 23.4. The molecule has 0 bridgehead atoms. The predicted octanol–water partition coefficient (Wildman–Crippen LogP) is 3.61. The van der Waals surface area contributed by atoms with Crippen LogP contribution in [0.15, 0.2) is 32.3 Å². The maximum absolute atomic E-state index is 13.0. The number of nitrogens with zero attached hydrogens (tertiary/aromatic N) is 4. The van der Waals surface area contributed by atoms with Crippen LogP contribution in [0.5, 0.6) is 0 Å². The van der Waals surface area contributed by atoms with Crippen LogP contribution in [0.4, 0.5) is 10.8 Å². The number of sulfonamides is 1. The number of hydrogen-bond donors (Lipinski definition) is 1. The minimum Gasteiger partial charge on any atom is -0.376 e. The second-order valence-corrected chi connectivity index (χ2v) is 12.2. The number of ether oxygens (including phenoxy) is 1. The average Bonchev–Trinajstić information content (AvgIpc) is 3.44. The molecule has 2 fully saturated rings. The van der Waals surface area contributed by atoms with E-state index in [9.17, 15) is 18.5 Å². The average molecular weight is 500 g/mol. The van der Waals surface area contributed by atoms with Crippen LogP contribution in [-0.4, -0.2) is 60.2 Å². The number of benzene rings is 1. The Hall–Kier alpha value is -1.80. The Morgan fingerprint density at radius 3 is 2.91 bits per heavy atom. The smallest absolute Gasteiger partial charge is 0.284 e. The first-order valence-electron chi connectivity index (χ1n) is 10.5. The highest BCUT2D eigenvalue weighted by molar-refractivity contribution is 8.01. The summed E-state index contributed by atoms with van der Waals surface area (Å²) in [6.45, 7) is 4.29. The van der Waals surface area contributed by atoms with E-state index in [1.807, 2.05) is 6.92 Å². The van der Waals surface area contributed by atoms with E-state index in [1.165, 1.54) is 27.8 Å². The van der Waals surface area contributed by atoms with Gasteiger partial charge in [-0.2, -0.15) is 4.31 Å². The van der Waals surface area contributed by atoms with Crippen LogP contribution in [0.3, 0.4) is 0 Å². The van der Waals surface area contributed by atoms with E-state index in [2.05, 4.69) is 15.5 Å². The van der Waals surface area contributed by atoms with Gasteiger partial charge in [-0.25, -0.2) is 8.42 Å². The number of aromatic nitrogens is 2. The molecule has 1 N–H and O–H groups in total. The first-order chi connectivity index (χ1) is 15.3. The van der Waals surface area contributed by atoms with E-state index in [0.717, 1.165) is 50.1 Å². The van der Waals surface area contributed by atoms with Gasteiger partial charge in [-0.1, -0.05) is 18.3 Å². The third kappa shape index (κ3) is 5.39. The van der Waals surface area contributed by atoms with E-state index in [-0.39, 0.29) is 22.6 Å². The predicted molar refractivity (Wildman–Crippen MR) is 122 cm³/mol. The standard InChI is InChI=1S/C19H25N5O5S3/c1-13-4-2-8-23(12-13)32(27,28)15-6-7-17(16(10-15)24(25)26)30-19-22-21-18(31-19)20-11-14-5-3-9-29-14/h6-7,10,13-14H,2-5,8-9,11-12H2,1H3,(H,20,21). The summed E-state index contributed by atoms with van der Waals surface area (Å²) in [6, 6.07) is 4.06. The minimum atomic E-state index is -3.78. The second kappa shape index (κ2) is 10.00. The molecule has 174 valence electrons. The molecule has 1 aromatic heterocycles. The van der Waals surface area contributed by atoms with E-state index in [1.54, 1.807) is 0 Å². The molecule has 2 atom stereocenters. The van der Waals surface area contributed by atoms with Gasteiger partial charge in [0.05, 0.1) is 20.8 Å².